The third-order valence-corrected chi connectivity index (χ3v) is 5.57. The number of thioether (sulfide) groups is 1. The molecule has 2 aromatic carbocycles. The highest BCUT2D eigenvalue weighted by Gasteiger charge is 2.31. The summed E-state index contributed by atoms with van der Waals surface area (Å²) in [7, 11) is 0. The maximum Gasteiger partial charge on any atom is 0.266 e. The van der Waals surface area contributed by atoms with Gasteiger partial charge in [0, 0.05) is 18.7 Å². The monoisotopic (exact) mass is 437 g/mol. The van der Waals surface area contributed by atoms with Crippen molar-refractivity contribution < 1.29 is 19.5 Å². The minimum Gasteiger partial charge on any atom is -0.545 e. The highest BCUT2D eigenvalue weighted by Crippen LogP contribution is 2.31. The first kappa shape index (κ1) is 21.5. The quantitative estimate of drug-likeness (QED) is 0.529. The molecule has 2 aromatic rings. The van der Waals surface area contributed by atoms with Crippen molar-refractivity contribution >= 4 is 57.8 Å². The number of nitrogens with zero attached hydrogens (tertiary/aromatic N) is 1. The Morgan fingerprint density at radius 3 is 2.47 bits per heavy atom. The Morgan fingerprint density at radius 1 is 1.10 bits per heavy atom. The number of aromatic carboxylic acids is 1. The maximum absolute atomic E-state index is 12.6. The van der Waals surface area contributed by atoms with E-state index < -0.39 is 5.97 Å². The summed E-state index contributed by atoms with van der Waals surface area (Å²) < 4.78 is 0.408. The maximum atomic E-state index is 12.6. The smallest absolute Gasteiger partial charge is 0.266 e. The van der Waals surface area contributed by atoms with Gasteiger partial charge in [-0.05, 0) is 29.3 Å². The average molecular weight is 438 g/mol. The van der Waals surface area contributed by atoms with Crippen LogP contribution >= 0.6 is 24.0 Å². The zero-order valence-corrected chi connectivity index (χ0v) is 17.4. The van der Waals surface area contributed by atoms with E-state index in [4.69, 9.17) is 12.2 Å². The molecule has 8 heteroatoms. The van der Waals surface area contributed by atoms with Crippen LogP contribution < -0.4 is 10.4 Å². The number of benzene rings is 2. The summed E-state index contributed by atoms with van der Waals surface area (Å²) >= 11 is 6.47. The zero-order chi connectivity index (χ0) is 21.5. The molecule has 0 bridgehead atoms. The lowest BCUT2D eigenvalue weighted by Gasteiger charge is -2.14. The van der Waals surface area contributed by atoms with Gasteiger partial charge in [0.2, 0.25) is 5.91 Å². The Balaban J connectivity index is 1.53. The van der Waals surface area contributed by atoms with Crippen molar-refractivity contribution in [1.82, 2.24) is 4.90 Å². The number of carboxylic acid groups (broad SMARTS) is 1. The number of carboxylic acids is 1. The molecule has 1 fully saturated rings. The molecule has 0 radical (unpaired) electrons. The lowest BCUT2D eigenvalue weighted by molar-refractivity contribution is -0.255. The van der Waals surface area contributed by atoms with Crippen molar-refractivity contribution in [3.8, 4) is 0 Å². The van der Waals surface area contributed by atoms with Crippen molar-refractivity contribution in [2.45, 2.75) is 6.42 Å². The number of rotatable bonds is 7. The third-order valence-electron chi connectivity index (χ3n) is 4.18. The molecule has 3 rings (SSSR count). The molecular formula is C22H17N2O4S2-. The molecule has 6 nitrogen and oxygen atoms in total. The lowest BCUT2D eigenvalue weighted by atomic mass is 10.2. The molecular weight excluding hydrogens is 420 g/mol. The van der Waals surface area contributed by atoms with Gasteiger partial charge in [0.25, 0.3) is 5.91 Å². The summed E-state index contributed by atoms with van der Waals surface area (Å²) in [5.41, 5.74) is 1.51. The summed E-state index contributed by atoms with van der Waals surface area (Å²) in [6.45, 7) is 0.160. The summed E-state index contributed by atoms with van der Waals surface area (Å²) in [6, 6.07) is 15.4. The Morgan fingerprint density at radius 2 is 1.80 bits per heavy atom. The van der Waals surface area contributed by atoms with E-state index in [1.807, 2.05) is 36.4 Å². The molecule has 152 valence electrons. The van der Waals surface area contributed by atoms with E-state index in [-0.39, 0.29) is 30.3 Å². The van der Waals surface area contributed by atoms with Gasteiger partial charge in [0.05, 0.1) is 10.9 Å². The van der Waals surface area contributed by atoms with Crippen LogP contribution in [0.5, 0.6) is 0 Å². The minimum atomic E-state index is -1.28. The second-order valence-electron chi connectivity index (χ2n) is 6.29. The zero-order valence-electron chi connectivity index (χ0n) is 15.7. The highest BCUT2D eigenvalue weighted by atomic mass is 32.2. The van der Waals surface area contributed by atoms with Crippen molar-refractivity contribution in [2.24, 2.45) is 0 Å². The Bertz CT molecular complexity index is 1030. The Kier molecular flexibility index (Phi) is 7.16. The van der Waals surface area contributed by atoms with Gasteiger partial charge in [-0.1, -0.05) is 78.6 Å². The van der Waals surface area contributed by atoms with Gasteiger partial charge >= 0.3 is 0 Å². The molecule has 30 heavy (non-hydrogen) atoms. The predicted molar refractivity (Wildman–Crippen MR) is 119 cm³/mol. The molecule has 1 aliphatic rings. The molecule has 1 aliphatic heterocycles. The van der Waals surface area contributed by atoms with E-state index in [1.54, 1.807) is 12.2 Å². The van der Waals surface area contributed by atoms with Crippen molar-refractivity contribution in [1.29, 1.82) is 0 Å². The second-order valence-corrected chi connectivity index (χ2v) is 7.96. The Hall–Kier alpha value is -3.23. The van der Waals surface area contributed by atoms with Crippen LogP contribution in [0.1, 0.15) is 22.3 Å². The average Bonchev–Trinajstić information content (AvgIpc) is 3.00. The lowest BCUT2D eigenvalue weighted by Crippen LogP contribution is -2.31. The molecule has 0 aliphatic carbocycles. The molecule has 0 atom stereocenters. The second kappa shape index (κ2) is 10.00. The van der Waals surface area contributed by atoms with Crippen LogP contribution in [0.4, 0.5) is 5.69 Å². The van der Waals surface area contributed by atoms with Gasteiger partial charge in [-0.15, -0.1) is 0 Å². The normalized spacial score (nSPS) is 15.2. The number of hydrogen-bond acceptors (Lipinski definition) is 6. The van der Waals surface area contributed by atoms with Crippen molar-refractivity contribution in [2.75, 3.05) is 11.9 Å². The van der Waals surface area contributed by atoms with Crippen LogP contribution in [0.25, 0.3) is 6.08 Å². The number of anilines is 1. The molecule has 1 N–H and O–H groups in total. The summed E-state index contributed by atoms with van der Waals surface area (Å²) in [5.74, 6) is -1.82. The molecule has 1 saturated heterocycles. The van der Waals surface area contributed by atoms with Crippen LogP contribution in [0.2, 0.25) is 0 Å². The van der Waals surface area contributed by atoms with E-state index in [1.165, 1.54) is 40.9 Å². The molecule has 0 aromatic heterocycles. The first-order chi connectivity index (χ1) is 14.4. The third kappa shape index (κ3) is 5.65. The van der Waals surface area contributed by atoms with E-state index in [9.17, 15) is 19.5 Å². The summed E-state index contributed by atoms with van der Waals surface area (Å²) in [4.78, 5) is 37.4. The summed E-state index contributed by atoms with van der Waals surface area (Å²) in [5, 5.41) is 13.4. The van der Waals surface area contributed by atoms with Gasteiger partial charge in [-0.2, -0.15) is 0 Å². The number of amides is 2. The number of hydrogen-bond donors (Lipinski definition) is 1. The van der Waals surface area contributed by atoms with Gasteiger partial charge in [-0.3, -0.25) is 14.5 Å². The van der Waals surface area contributed by atoms with E-state index >= 15 is 0 Å². The van der Waals surface area contributed by atoms with Gasteiger partial charge in [0.1, 0.15) is 4.32 Å². The minimum absolute atomic E-state index is 0.0265. The van der Waals surface area contributed by atoms with Crippen LogP contribution in [0, 0.1) is 0 Å². The largest absolute Gasteiger partial charge is 0.545 e. The SMILES string of the molecule is O=C(CCN1C(=O)/C(=C/C=C/c2ccccc2)SC1=S)Nc1ccc(C(=O)[O-])cc1. The summed E-state index contributed by atoms with van der Waals surface area (Å²) in [6.07, 6.45) is 5.46. The highest BCUT2D eigenvalue weighted by molar-refractivity contribution is 8.26. The fraction of sp³-hybridized carbons (Fsp3) is 0.0909. The molecule has 1 heterocycles. The van der Waals surface area contributed by atoms with E-state index in [0.717, 1.165) is 5.56 Å². The topological polar surface area (TPSA) is 89.5 Å². The number of carbonyl (C=O) groups excluding carboxylic acids is 3. The predicted octanol–water partition coefficient (Wildman–Crippen LogP) is 2.84. The Labute approximate surface area is 183 Å². The first-order valence-corrected chi connectivity index (χ1v) is 10.2. The first-order valence-electron chi connectivity index (χ1n) is 9.02. The number of carbonyl (C=O) groups is 3. The van der Waals surface area contributed by atoms with Gasteiger partial charge < -0.3 is 15.2 Å². The number of nitrogens with one attached hydrogen (secondary N) is 1. The number of allylic oxidation sites excluding steroid dienone is 2. The van der Waals surface area contributed by atoms with Crippen molar-refractivity contribution in [3.05, 3.63) is 82.8 Å². The molecule has 0 spiro atoms. The fourth-order valence-electron chi connectivity index (χ4n) is 2.64. The molecule has 2 amide bonds. The van der Waals surface area contributed by atoms with Gasteiger partial charge in [0.15, 0.2) is 0 Å². The van der Waals surface area contributed by atoms with Crippen LogP contribution in [0.15, 0.2) is 71.7 Å². The van der Waals surface area contributed by atoms with Crippen LogP contribution in [0.3, 0.4) is 0 Å². The van der Waals surface area contributed by atoms with Crippen LogP contribution in [-0.4, -0.2) is 33.5 Å². The fourth-order valence-corrected chi connectivity index (χ4v) is 3.90. The van der Waals surface area contributed by atoms with Gasteiger partial charge in [-0.25, -0.2) is 0 Å². The molecule has 0 unspecified atom stereocenters. The standard InChI is InChI=1S/C22H18N2O4S2/c25-19(23-17-11-9-16(10-12-17)21(27)28)13-14-24-20(26)18(30-22(24)29)8-4-7-15-5-2-1-3-6-15/h1-12H,13-14H2,(H,23,25)(H,27,28)/p-1/b7-4+,18-8-. The van der Waals surface area contributed by atoms with Crippen LogP contribution in [-0.2, 0) is 9.59 Å². The van der Waals surface area contributed by atoms with Crippen molar-refractivity contribution in [3.63, 3.8) is 0 Å². The molecule has 0 saturated carbocycles. The van der Waals surface area contributed by atoms with E-state index in [0.29, 0.717) is 14.9 Å². The van der Waals surface area contributed by atoms with E-state index in [2.05, 4.69) is 5.32 Å². The number of thiocarbonyl (C=S) groups is 1.